The topological polar surface area (TPSA) is 3.24 Å². The molecule has 4 bridgehead atoms. The van der Waals surface area contributed by atoms with Gasteiger partial charge in [-0.2, -0.15) is 0 Å². The monoisotopic (exact) mass is 205 g/mol. The van der Waals surface area contributed by atoms with E-state index in [-0.39, 0.29) is 0 Å². The van der Waals surface area contributed by atoms with Gasteiger partial charge in [0.15, 0.2) is 0 Å². The molecule has 82 valence electrons. The van der Waals surface area contributed by atoms with Gasteiger partial charge in [-0.15, -0.1) is 5.01 Å². The molecule has 3 saturated heterocycles. The van der Waals surface area contributed by atoms with Crippen LogP contribution < -0.4 is 0 Å². The van der Waals surface area contributed by atoms with E-state index in [1.807, 2.05) is 0 Å². The molecular weight excluding hydrogens is 184 g/mol. The van der Waals surface area contributed by atoms with Crippen molar-refractivity contribution in [3.05, 3.63) is 12.2 Å². The Morgan fingerprint density at radius 3 is 2.40 bits per heavy atom. The molecule has 6 aliphatic rings. The standard InChI is InChI=1S/C13H21N2/c1-15-12-6-2-10(3-7-12)14(15)11-4-8-13(15)9-5-11/h2,6,10-13H,3-5,7-9H2,1H3/q+1/t10-,11?,12+,13?,15?/m0/s1. The van der Waals surface area contributed by atoms with Crippen LogP contribution in [0, 0.1) is 0 Å². The van der Waals surface area contributed by atoms with Crippen molar-refractivity contribution in [1.29, 1.82) is 0 Å². The van der Waals surface area contributed by atoms with E-state index in [1.54, 1.807) is 0 Å². The van der Waals surface area contributed by atoms with Gasteiger partial charge in [0.05, 0.1) is 19.1 Å². The first-order valence-corrected chi connectivity index (χ1v) is 6.63. The maximum Gasteiger partial charge on any atom is 0.125 e. The second kappa shape index (κ2) is 2.67. The smallest absolute Gasteiger partial charge is 0.125 e. The van der Waals surface area contributed by atoms with E-state index in [2.05, 4.69) is 24.2 Å². The fourth-order valence-corrected chi connectivity index (χ4v) is 4.86. The molecule has 4 fully saturated rings. The molecule has 4 heterocycles. The highest BCUT2D eigenvalue weighted by atomic mass is 15.8. The Morgan fingerprint density at radius 1 is 1.00 bits per heavy atom. The zero-order valence-electron chi connectivity index (χ0n) is 9.60. The summed E-state index contributed by atoms with van der Waals surface area (Å²) in [5.74, 6) is 0. The Balaban J connectivity index is 1.85. The largest absolute Gasteiger partial charge is 0.237 e. The third-order valence-corrected chi connectivity index (χ3v) is 5.60. The molecule has 6 rings (SSSR count). The van der Waals surface area contributed by atoms with Crippen molar-refractivity contribution in [3.63, 3.8) is 0 Å². The van der Waals surface area contributed by atoms with E-state index in [0.717, 1.165) is 24.2 Å². The van der Waals surface area contributed by atoms with Crippen LogP contribution in [0.3, 0.4) is 0 Å². The minimum Gasteiger partial charge on any atom is -0.237 e. The lowest BCUT2D eigenvalue weighted by molar-refractivity contribution is -1.08. The number of hydrogen-bond donors (Lipinski definition) is 0. The van der Waals surface area contributed by atoms with Crippen LogP contribution >= 0.6 is 0 Å². The minimum absolute atomic E-state index is 0.771. The molecule has 0 radical (unpaired) electrons. The molecule has 2 aliphatic carbocycles. The quantitative estimate of drug-likeness (QED) is 0.432. The summed E-state index contributed by atoms with van der Waals surface area (Å²) in [5, 5.41) is 2.87. The fourth-order valence-electron chi connectivity index (χ4n) is 4.86. The number of hydrogen-bond acceptors (Lipinski definition) is 1. The molecule has 4 atom stereocenters. The van der Waals surface area contributed by atoms with E-state index in [0.29, 0.717) is 0 Å². The Morgan fingerprint density at radius 2 is 1.80 bits per heavy atom. The van der Waals surface area contributed by atoms with Crippen molar-refractivity contribution in [2.75, 3.05) is 7.05 Å². The second-order valence-corrected chi connectivity index (χ2v) is 6.04. The fraction of sp³-hybridized carbons (Fsp3) is 0.846. The van der Waals surface area contributed by atoms with Gasteiger partial charge in [0.1, 0.15) is 12.1 Å². The summed E-state index contributed by atoms with van der Waals surface area (Å²) in [6.07, 6.45) is 13.8. The van der Waals surface area contributed by atoms with Crippen LogP contribution in [-0.4, -0.2) is 40.8 Å². The van der Waals surface area contributed by atoms with E-state index in [1.165, 1.54) is 43.1 Å². The SMILES string of the molecule is C[N+]12C3CCC(CC3)N1[C@H]1C=C[C@@H]2CC1. The summed E-state index contributed by atoms with van der Waals surface area (Å²) in [4.78, 5) is 0. The molecule has 0 aromatic heterocycles. The van der Waals surface area contributed by atoms with Crippen LogP contribution in [0.4, 0.5) is 0 Å². The molecule has 4 aliphatic heterocycles. The Labute approximate surface area is 92.1 Å². The number of quaternary nitrogens is 1. The molecule has 0 spiro atoms. The molecule has 0 aromatic rings. The number of fused-ring (bicyclic) bond motifs is 3. The van der Waals surface area contributed by atoms with Gasteiger partial charge in [0.2, 0.25) is 0 Å². The van der Waals surface area contributed by atoms with Crippen LogP contribution in [-0.2, 0) is 0 Å². The third-order valence-electron chi connectivity index (χ3n) is 5.60. The van der Waals surface area contributed by atoms with Crippen molar-refractivity contribution in [3.8, 4) is 0 Å². The van der Waals surface area contributed by atoms with Crippen molar-refractivity contribution < 1.29 is 4.59 Å². The van der Waals surface area contributed by atoms with Gasteiger partial charge >= 0.3 is 0 Å². The zero-order valence-corrected chi connectivity index (χ0v) is 9.60. The van der Waals surface area contributed by atoms with Crippen molar-refractivity contribution in [1.82, 2.24) is 5.01 Å². The first-order valence-electron chi connectivity index (χ1n) is 6.63. The normalized spacial score (nSPS) is 60.7. The Kier molecular flexibility index (Phi) is 1.56. The van der Waals surface area contributed by atoms with Crippen LogP contribution in [0.5, 0.6) is 0 Å². The van der Waals surface area contributed by atoms with Crippen LogP contribution in [0.15, 0.2) is 12.2 Å². The van der Waals surface area contributed by atoms with Crippen LogP contribution in [0.1, 0.15) is 38.5 Å². The number of rotatable bonds is 0. The highest BCUT2D eigenvalue weighted by Gasteiger charge is 2.59. The van der Waals surface area contributed by atoms with E-state index >= 15 is 0 Å². The number of nitrogens with zero attached hydrogens (tertiary/aromatic N) is 2. The molecule has 2 heteroatoms. The predicted octanol–water partition coefficient (Wildman–Crippen LogP) is 2.08. The predicted molar refractivity (Wildman–Crippen MR) is 60.0 cm³/mol. The van der Waals surface area contributed by atoms with Crippen LogP contribution in [0.25, 0.3) is 0 Å². The van der Waals surface area contributed by atoms with Gasteiger partial charge in [-0.3, -0.25) is 0 Å². The summed E-state index contributed by atoms with van der Waals surface area (Å²) >= 11 is 0. The molecule has 15 heavy (non-hydrogen) atoms. The van der Waals surface area contributed by atoms with Gasteiger partial charge in [-0.1, -0.05) is 6.08 Å². The summed E-state index contributed by atoms with van der Waals surface area (Å²) in [6, 6.07) is 3.42. The first kappa shape index (κ1) is 8.77. The molecular formula is C13H21N2+. The zero-order chi connectivity index (χ0) is 10.0. The molecule has 0 amide bonds. The molecule has 0 N–H and O–H groups in total. The van der Waals surface area contributed by atoms with Crippen molar-refractivity contribution >= 4 is 0 Å². The van der Waals surface area contributed by atoms with Crippen LogP contribution in [0.2, 0.25) is 0 Å². The molecule has 2 unspecified atom stereocenters. The average Bonchev–Trinajstić information content (AvgIpc) is 2.31. The molecule has 2 nitrogen and oxygen atoms in total. The van der Waals surface area contributed by atoms with Gasteiger partial charge in [0.25, 0.3) is 0 Å². The van der Waals surface area contributed by atoms with Crippen molar-refractivity contribution in [2.24, 2.45) is 0 Å². The second-order valence-electron chi connectivity index (χ2n) is 6.04. The van der Waals surface area contributed by atoms with E-state index < -0.39 is 0 Å². The maximum atomic E-state index is 2.87. The lowest BCUT2D eigenvalue weighted by Gasteiger charge is -2.66. The number of likely N-dealkylation sites (N-methyl/N-ethyl adjacent to an activating group) is 1. The Hall–Kier alpha value is -0.340. The highest BCUT2D eigenvalue weighted by molar-refractivity contribution is 5.09. The molecule has 1 saturated carbocycles. The van der Waals surface area contributed by atoms with Crippen molar-refractivity contribution in [2.45, 2.75) is 62.7 Å². The van der Waals surface area contributed by atoms with Gasteiger partial charge in [-0.25, -0.2) is 4.59 Å². The summed E-state index contributed by atoms with van der Waals surface area (Å²) in [7, 11) is 2.51. The summed E-state index contributed by atoms with van der Waals surface area (Å²) < 4.78 is 1.28. The third kappa shape index (κ3) is 0.891. The lowest BCUT2D eigenvalue weighted by Crippen LogP contribution is -2.79. The summed E-state index contributed by atoms with van der Waals surface area (Å²) in [5.41, 5.74) is 0. The highest BCUT2D eigenvalue weighted by Crippen LogP contribution is 2.49. The lowest BCUT2D eigenvalue weighted by atomic mass is 9.78. The Bertz CT molecular complexity index is 316. The van der Waals surface area contributed by atoms with Gasteiger partial charge in [-0.05, 0) is 25.3 Å². The van der Waals surface area contributed by atoms with Gasteiger partial charge < -0.3 is 0 Å². The first-order chi connectivity index (χ1) is 7.30. The summed E-state index contributed by atoms with van der Waals surface area (Å²) in [6.45, 7) is 0. The maximum absolute atomic E-state index is 2.87. The average molecular weight is 205 g/mol. The minimum atomic E-state index is 0.771. The van der Waals surface area contributed by atoms with E-state index in [4.69, 9.17) is 0 Å². The van der Waals surface area contributed by atoms with E-state index in [9.17, 15) is 0 Å². The van der Waals surface area contributed by atoms with Gasteiger partial charge in [0, 0.05) is 19.3 Å². The molecule has 0 aromatic carbocycles.